The first-order valence-electron chi connectivity index (χ1n) is 10.2. The lowest BCUT2D eigenvalue weighted by molar-refractivity contribution is 0.0330. The number of halogens is 1. The number of benzene rings is 1. The standard InChI is InChI=1S/C21H36N4O2.HI/c1-4-22-21(25-13-12-19(15-25)24(5-2)6-3)23-14-20(26)17-27-16-18-10-8-7-9-11-18;/h7-11,19-20,26H,4-6,12-17H2,1-3H3,(H,22,23);1H. The molecule has 1 saturated heterocycles. The number of hydrogen-bond donors (Lipinski definition) is 2. The van der Waals surface area contributed by atoms with Crippen LogP contribution in [0.2, 0.25) is 0 Å². The highest BCUT2D eigenvalue weighted by atomic mass is 127. The molecule has 1 aliphatic rings. The number of hydrogen-bond acceptors (Lipinski definition) is 4. The van der Waals surface area contributed by atoms with Crippen molar-refractivity contribution in [2.24, 2.45) is 4.99 Å². The van der Waals surface area contributed by atoms with Crippen molar-refractivity contribution in [2.75, 3.05) is 45.9 Å². The topological polar surface area (TPSA) is 60.3 Å². The summed E-state index contributed by atoms with van der Waals surface area (Å²) in [5.74, 6) is 0.897. The summed E-state index contributed by atoms with van der Waals surface area (Å²) < 4.78 is 5.62. The molecule has 1 aromatic carbocycles. The van der Waals surface area contributed by atoms with Crippen LogP contribution in [0, 0.1) is 0 Å². The molecule has 2 rings (SSSR count). The molecule has 1 aliphatic heterocycles. The molecule has 0 spiro atoms. The first-order chi connectivity index (χ1) is 13.2. The van der Waals surface area contributed by atoms with E-state index in [0.717, 1.165) is 50.7 Å². The van der Waals surface area contributed by atoms with Gasteiger partial charge in [0.2, 0.25) is 0 Å². The number of nitrogens with zero attached hydrogens (tertiary/aromatic N) is 3. The minimum absolute atomic E-state index is 0. The maximum Gasteiger partial charge on any atom is 0.194 e. The minimum Gasteiger partial charge on any atom is -0.389 e. The van der Waals surface area contributed by atoms with Gasteiger partial charge in [0, 0.05) is 25.7 Å². The number of aliphatic hydroxyl groups excluding tert-OH is 1. The zero-order valence-corrected chi connectivity index (χ0v) is 19.8. The van der Waals surface area contributed by atoms with Gasteiger partial charge in [-0.15, -0.1) is 24.0 Å². The molecule has 0 bridgehead atoms. The van der Waals surface area contributed by atoms with E-state index in [1.54, 1.807) is 0 Å². The minimum atomic E-state index is -0.594. The fraction of sp³-hybridized carbons (Fsp3) is 0.667. The van der Waals surface area contributed by atoms with Crippen molar-refractivity contribution in [3.05, 3.63) is 35.9 Å². The molecular formula is C21H37IN4O2. The summed E-state index contributed by atoms with van der Waals surface area (Å²) in [6.07, 6.45) is 0.568. The second kappa shape index (κ2) is 14.1. The van der Waals surface area contributed by atoms with Gasteiger partial charge < -0.3 is 20.1 Å². The van der Waals surface area contributed by atoms with Crippen LogP contribution in [-0.2, 0) is 11.3 Å². The van der Waals surface area contributed by atoms with Crippen molar-refractivity contribution in [2.45, 2.75) is 45.9 Å². The molecule has 1 heterocycles. The van der Waals surface area contributed by atoms with Gasteiger partial charge in [-0.3, -0.25) is 9.89 Å². The number of ether oxygens (including phenoxy) is 1. The summed E-state index contributed by atoms with van der Waals surface area (Å²) in [5.41, 5.74) is 1.11. The number of rotatable bonds is 10. The number of likely N-dealkylation sites (N-methyl/N-ethyl adjacent to an activating group) is 1. The number of likely N-dealkylation sites (tertiary alicyclic amines) is 1. The maximum absolute atomic E-state index is 10.2. The largest absolute Gasteiger partial charge is 0.389 e. The normalized spacial score (nSPS) is 18.2. The van der Waals surface area contributed by atoms with Gasteiger partial charge in [-0.25, -0.2) is 0 Å². The molecule has 2 atom stereocenters. The van der Waals surface area contributed by atoms with Crippen molar-refractivity contribution in [3.63, 3.8) is 0 Å². The van der Waals surface area contributed by atoms with Crippen LogP contribution < -0.4 is 5.32 Å². The summed E-state index contributed by atoms with van der Waals surface area (Å²) in [5, 5.41) is 13.6. The molecule has 2 unspecified atom stereocenters. The van der Waals surface area contributed by atoms with Crippen molar-refractivity contribution < 1.29 is 9.84 Å². The number of guanidine groups is 1. The molecule has 7 heteroatoms. The van der Waals surface area contributed by atoms with Gasteiger partial charge in [-0.1, -0.05) is 44.2 Å². The first kappa shape index (κ1) is 25.1. The van der Waals surface area contributed by atoms with Crippen LogP contribution in [0.15, 0.2) is 35.3 Å². The third-order valence-corrected chi connectivity index (χ3v) is 5.00. The average molecular weight is 504 g/mol. The molecule has 0 saturated carbocycles. The SMILES string of the molecule is CCNC(=NCC(O)COCc1ccccc1)N1CCC(N(CC)CC)C1.I. The van der Waals surface area contributed by atoms with Crippen LogP contribution >= 0.6 is 24.0 Å². The highest BCUT2D eigenvalue weighted by molar-refractivity contribution is 14.0. The molecule has 160 valence electrons. The molecule has 1 fully saturated rings. The lowest BCUT2D eigenvalue weighted by Crippen LogP contribution is -2.43. The Morgan fingerprint density at radius 2 is 2.00 bits per heavy atom. The maximum atomic E-state index is 10.2. The third-order valence-electron chi connectivity index (χ3n) is 5.00. The van der Waals surface area contributed by atoms with E-state index in [9.17, 15) is 5.11 Å². The Bertz CT molecular complexity index is 555. The lowest BCUT2D eigenvalue weighted by atomic mass is 10.2. The highest BCUT2D eigenvalue weighted by Crippen LogP contribution is 2.15. The quantitative estimate of drug-likeness (QED) is 0.292. The molecule has 0 aliphatic carbocycles. The van der Waals surface area contributed by atoms with Crippen molar-refractivity contribution in [1.29, 1.82) is 0 Å². The predicted octanol–water partition coefficient (Wildman–Crippen LogP) is 2.56. The van der Waals surface area contributed by atoms with Crippen LogP contribution in [-0.4, -0.2) is 78.9 Å². The summed E-state index contributed by atoms with van der Waals surface area (Å²) in [7, 11) is 0. The lowest BCUT2D eigenvalue weighted by Gasteiger charge is -2.27. The van der Waals surface area contributed by atoms with Crippen molar-refractivity contribution in [1.82, 2.24) is 15.1 Å². The van der Waals surface area contributed by atoms with E-state index < -0.39 is 6.10 Å². The first-order valence-corrected chi connectivity index (χ1v) is 10.2. The predicted molar refractivity (Wildman–Crippen MR) is 126 cm³/mol. The van der Waals surface area contributed by atoms with Crippen LogP contribution in [0.25, 0.3) is 0 Å². The molecule has 6 nitrogen and oxygen atoms in total. The summed E-state index contributed by atoms with van der Waals surface area (Å²) in [6, 6.07) is 10.6. The van der Waals surface area contributed by atoms with Gasteiger partial charge in [0.15, 0.2) is 5.96 Å². The zero-order chi connectivity index (χ0) is 19.5. The molecule has 2 N–H and O–H groups in total. The molecule has 0 aromatic heterocycles. The van der Waals surface area contributed by atoms with E-state index >= 15 is 0 Å². The molecule has 0 radical (unpaired) electrons. The van der Waals surface area contributed by atoms with Crippen LogP contribution in [0.3, 0.4) is 0 Å². The zero-order valence-electron chi connectivity index (χ0n) is 17.5. The smallest absolute Gasteiger partial charge is 0.194 e. The number of aliphatic imine (C=N–C) groups is 1. The van der Waals surface area contributed by atoms with Crippen LogP contribution in [0.4, 0.5) is 0 Å². The molecular weight excluding hydrogens is 467 g/mol. The Labute approximate surface area is 187 Å². The van der Waals surface area contributed by atoms with Gasteiger partial charge >= 0.3 is 0 Å². The second-order valence-corrected chi connectivity index (χ2v) is 6.96. The van der Waals surface area contributed by atoms with Crippen molar-refractivity contribution in [3.8, 4) is 0 Å². The Kier molecular flexibility index (Phi) is 12.7. The summed E-state index contributed by atoms with van der Waals surface area (Å²) >= 11 is 0. The Morgan fingerprint density at radius 3 is 2.64 bits per heavy atom. The van der Waals surface area contributed by atoms with Crippen LogP contribution in [0.1, 0.15) is 32.8 Å². The monoisotopic (exact) mass is 504 g/mol. The van der Waals surface area contributed by atoms with E-state index in [4.69, 9.17) is 4.74 Å². The molecule has 0 amide bonds. The molecule has 1 aromatic rings. The summed E-state index contributed by atoms with van der Waals surface area (Å²) in [4.78, 5) is 9.47. The van der Waals surface area contributed by atoms with Gasteiger partial charge in [0.05, 0.1) is 25.9 Å². The van der Waals surface area contributed by atoms with E-state index in [1.165, 1.54) is 0 Å². The Balaban J connectivity index is 0.00000392. The third kappa shape index (κ3) is 8.23. The van der Waals surface area contributed by atoms with E-state index in [-0.39, 0.29) is 24.0 Å². The number of nitrogens with one attached hydrogen (secondary N) is 1. The Morgan fingerprint density at radius 1 is 1.29 bits per heavy atom. The molecule has 28 heavy (non-hydrogen) atoms. The second-order valence-electron chi connectivity index (χ2n) is 6.96. The highest BCUT2D eigenvalue weighted by Gasteiger charge is 2.28. The fourth-order valence-corrected chi connectivity index (χ4v) is 3.53. The van der Waals surface area contributed by atoms with E-state index in [0.29, 0.717) is 25.8 Å². The fourth-order valence-electron chi connectivity index (χ4n) is 3.53. The van der Waals surface area contributed by atoms with Gasteiger partial charge in [0.1, 0.15) is 0 Å². The van der Waals surface area contributed by atoms with Crippen LogP contribution in [0.5, 0.6) is 0 Å². The van der Waals surface area contributed by atoms with Gasteiger partial charge in [0.25, 0.3) is 0 Å². The van der Waals surface area contributed by atoms with Crippen molar-refractivity contribution >= 4 is 29.9 Å². The van der Waals surface area contributed by atoms with Gasteiger partial charge in [-0.2, -0.15) is 0 Å². The summed E-state index contributed by atoms with van der Waals surface area (Å²) in [6.45, 7) is 12.7. The average Bonchev–Trinajstić information content (AvgIpc) is 3.17. The van der Waals surface area contributed by atoms with E-state index in [1.807, 2.05) is 30.3 Å². The number of aliphatic hydroxyl groups is 1. The van der Waals surface area contributed by atoms with Gasteiger partial charge in [-0.05, 0) is 32.0 Å². The Hall–Kier alpha value is -0.900. The van der Waals surface area contributed by atoms with E-state index in [2.05, 4.69) is 40.9 Å².